The van der Waals surface area contributed by atoms with Crippen LogP contribution in [0.2, 0.25) is 0 Å². The van der Waals surface area contributed by atoms with Crippen LogP contribution in [0.25, 0.3) is 6.08 Å². The van der Waals surface area contributed by atoms with Crippen LogP contribution in [-0.4, -0.2) is 30.9 Å². The van der Waals surface area contributed by atoms with Crippen molar-refractivity contribution < 1.29 is 17.9 Å². The van der Waals surface area contributed by atoms with Gasteiger partial charge >= 0.3 is 0 Å². The Labute approximate surface area is 193 Å². The maximum Gasteiger partial charge on any atom is 0.284 e. The summed E-state index contributed by atoms with van der Waals surface area (Å²) in [6.45, 7) is 1.89. The smallest absolute Gasteiger partial charge is 0.284 e. The van der Waals surface area contributed by atoms with Gasteiger partial charge in [0.15, 0.2) is 0 Å². The molecule has 3 aromatic rings. The number of carbonyl (C=O) groups is 1. The van der Waals surface area contributed by atoms with Gasteiger partial charge in [0, 0.05) is 6.20 Å². The normalized spacial score (nSPS) is 19.4. The molecule has 2 heterocycles. The van der Waals surface area contributed by atoms with Crippen LogP contribution in [0.5, 0.6) is 5.75 Å². The fraction of sp³-hybridized carbons (Fsp3) is 0.192. The molecule has 5 rings (SSSR count). The molecule has 0 aromatic heterocycles. The largest absolute Gasteiger partial charge is 0.497 e. The lowest BCUT2D eigenvalue weighted by Crippen LogP contribution is -2.42. The first kappa shape index (κ1) is 21.3. The van der Waals surface area contributed by atoms with Crippen molar-refractivity contribution in [2.75, 3.05) is 7.11 Å². The Balaban J connectivity index is 1.59. The third-order valence-electron chi connectivity index (χ3n) is 6.26. The van der Waals surface area contributed by atoms with Crippen LogP contribution >= 0.6 is 0 Å². The molecule has 1 amide bonds. The van der Waals surface area contributed by atoms with Gasteiger partial charge in [-0.1, -0.05) is 54.1 Å². The molecular weight excluding hydrogens is 436 g/mol. The van der Waals surface area contributed by atoms with Gasteiger partial charge in [0.25, 0.3) is 15.9 Å². The van der Waals surface area contributed by atoms with E-state index < -0.39 is 27.9 Å². The lowest BCUT2D eigenvalue weighted by molar-refractivity contribution is -0.130. The molecule has 2 aliphatic rings. The van der Waals surface area contributed by atoms with E-state index in [9.17, 15) is 13.2 Å². The molecule has 2 atom stereocenters. The number of rotatable bonds is 5. The highest BCUT2D eigenvalue weighted by molar-refractivity contribution is 7.89. The molecular formula is C26H24N2O4S. The number of hydrazine groups is 1. The van der Waals surface area contributed by atoms with Gasteiger partial charge in [-0.05, 0) is 60.4 Å². The van der Waals surface area contributed by atoms with E-state index in [1.54, 1.807) is 42.6 Å². The highest BCUT2D eigenvalue weighted by Crippen LogP contribution is 2.46. The molecule has 1 saturated heterocycles. The molecule has 6 nitrogen and oxygen atoms in total. The monoisotopic (exact) mass is 460 g/mol. The number of aryl methyl sites for hydroxylation is 1. The highest BCUT2D eigenvalue weighted by atomic mass is 32.2. The number of carbonyl (C=O) groups excluding carboxylic acids is 1. The first-order chi connectivity index (χ1) is 15.9. The molecule has 2 aliphatic heterocycles. The number of fused-ring (bicyclic) bond motifs is 3. The number of sulfonamides is 1. The van der Waals surface area contributed by atoms with E-state index in [2.05, 4.69) is 0 Å². The average Bonchev–Trinajstić information content (AvgIpc) is 3.12. The van der Waals surface area contributed by atoms with Crippen molar-refractivity contribution in [3.8, 4) is 5.75 Å². The molecule has 0 N–H and O–H groups in total. The molecule has 168 valence electrons. The number of hydrogen-bond donors (Lipinski definition) is 0. The highest BCUT2D eigenvalue weighted by Gasteiger charge is 2.52. The lowest BCUT2D eigenvalue weighted by atomic mass is 9.85. The summed E-state index contributed by atoms with van der Waals surface area (Å²) in [5, 5.41) is 1.58. The number of ether oxygens (including phenoxy) is 1. The molecule has 0 radical (unpaired) electrons. The van der Waals surface area contributed by atoms with Gasteiger partial charge in [-0.15, -0.1) is 4.41 Å². The van der Waals surface area contributed by atoms with Gasteiger partial charge in [-0.3, -0.25) is 9.80 Å². The fourth-order valence-corrected chi connectivity index (χ4v) is 6.01. The summed E-state index contributed by atoms with van der Waals surface area (Å²) in [6.07, 6.45) is 3.96. The van der Waals surface area contributed by atoms with Crippen LogP contribution < -0.4 is 4.74 Å². The number of hydrogen-bond acceptors (Lipinski definition) is 5. The molecule has 0 saturated carbocycles. The van der Waals surface area contributed by atoms with Crippen molar-refractivity contribution in [3.63, 3.8) is 0 Å². The summed E-state index contributed by atoms with van der Waals surface area (Å²) in [5.74, 6) is -0.268. The molecule has 7 heteroatoms. The van der Waals surface area contributed by atoms with Crippen LogP contribution in [0.4, 0.5) is 0 Å². The van der Waals surface area contributed by atoms with Gasteiger partial charge in [0.05, 0.1) is 24.0 Å². The fourth-order valence-electron chi connectivity index (χ4n) is 4.56. The van der Waals surface area contributed by atoms with Crippen molar-refractivity contribution in [2.24, 2.45) is 5.92 Å². The summed E-state index contributed by atoms with van der Waals surface area (Å²) in [4.78, 5) is 13.8. The Hall–Kier alpha value is -3.58. The van der Waals surface area contributed by atoms with Crippen molar-refractivity contribution >= 4 is 22.0 Å². The SMILES string of the molecule is COc1ccc(C[C@@H]2C(=O)N(S(=O)(=O)c3ccc(C)cc3)N3C=Cc4ccccc4[C@H]23)cc1. The molecule has 0 unspecified atom stereocenters. The van der Waals surface area contributed by atoms with Gasteiger partial charge in [-0.25, -0.2) is 0 Å². The van der Waals surface area contributed by atoms with Crippen molar-refractivity contribution in [2.45, 2.75) is 24.3 Å². The predicted molar refractivity (Wildman–Crippen MR) is 125 cm³/mol. The van der Waals surface area contributed by atoms with E-state index in [1.807, 2.05) is 61.5 Å². The van der Waals surface area contributed by atoms with Crippen molar-refractivity contribution in [1.82, 2.24) is 9.42 Å². The van der Waals surface area contributed by atoms with E-state index in [1.165, 1.54) is 0 Å². The van der Waals surface area contributed by atoms with Crippen LogP contribution in [0.1, 0.15) is 28.3 Å². The second-order valence-corrected chi connectivity index (χ2v) is 10.1. The molecule has 0 spiro atoms. The Kier molecular flexibility index (Phi) is 5.21. The van der Waals surface area contributed by atoms with E-state index in [0.717, 1.165) is 32.4 Å². The molecule has 1 fully saturated rings. The molecule has 0 aliphatic carbocycles. The van der Waals surface area contributed by atoms with Gasteiger partial charge in [-0.2, -0.15) is 8.42 Å². The standard InChI is InChI=1S/C26H24N2O4S/c1-18-7-13-22(14-8-18)33(30,31)28-26(29)24(17-19-9-11-21(32-2)12-10-19)25-23-6-4-3-5-20(23)15-16-27(25)28/h3-16,24-25H,17H2,1-2H3/t24-,25+/m0/s1. The van der Waals surface area contributed by atoms with Crippen molar-refractivity contribution in [1.29, 1.82) is 0 Å². The van der Waals surface area contributed by atoms with E-state index in [0.29, 0.717) is 6.42 Å². The third kappa shape index (κ3) is 3.58. The zero-order valence-electron chi connectivity index (χ0n) is 18.4. The summed E-state index contributed by atoms with van der Waals surface area (Å²) >= 11 is 0. The number of nitrogens with zero attached hydrogens (tertiary/aromatic N) is 2. The molecule has 33 heavy (non-hydrogen) atoms. The maximum absolute atomic E-state index is 13.7. The number of benzene rings is 3. The minimum atomic E-state index is -4.07. The second-order valence-electron chi connectivity index (χ2n) is 8.33. The van der Waals surface area contributed by atoms with Gasteiger partial charge in [0.2, 0.25) is 0 Å². The summed E-state index contributed by atoms with van der Waals surface area (Å²) < 4.78 is 33.4. The van der Waals surface area contributed by atoms with Crippen LogP contribution in [0.3, 0.4) is 0 Å². The van der Waals surface area contributed by atoms with Crippen LogP contribution in [-0.2, 0) is 21.2 Å². The average molecular weight is 461 g/mol. The molecule has 0 bridgehead atoms. The van der Waals surface area contributed by atoms with Crippen LogP contribution in [0, 0.1) is 12.8 Å². The summed E-state index contributed by atoms with van der Waals surface area (Å²) in [6, 6.07) is 21.5. The first-order valence-electron chi connectivity index (χ1n) is 10.7. The zero-order valence-corrected chi connectivity index (χ0v) is 19.2. The Morgan fingerprint density at radius 1 is 0.939 bits per heavy atom. The van der Waals surface area contributed by atoms with E-state index >= 15 is 0 Å². The van der Waals surface area contributed by atoms with Crippen LogP contribution in [0.15, 0.2) is 83.9 Å². The first-order valence-corrected chi connectivity index (χ1v) is 12.2. The Morgan fingerprint density at radius 3 is 2.33 bits per heavy atom. The molecule has 3 aromatic carbocycles. The maximum atomic E-state index is 13.7. The topological polar surface area (TPSA) is 66.9 Å². The minimum absolute atomic E-state index is 0.0950. The van der Waals surface area contributed by atoms with E-state index in [-0.39, 0.29) is 4.90 Å². The second kappa shape index (κ2) is 8.08. The van der Waals surface area contributed by atoms with Gasteiger partial charge < -0.3 is 4.74 Å². The minimum Gasteiger partial charge on any atom is -0.497 e. The van der Waals surface area contributed by atoms with E-state index in [4.69, 9.17) is 4.74 Å². The van der Waals surface area contributed by atoms with Gasteiger partial charge in [0.1, 0.15) is 5.75 Å². The Morgan fingerprint density at radius 2 is 1.64 bits per heavy atom. The lowest BCUT2D eigenvalue weighted by Gasteiger charge is -2.34. The quantitative estimate of drug-likeness (QED) is 0.567. The zero-order chi connectivity index (χ0) is 23.2. The predicted octanol–water partition coefficient (Wildman–Crippen LogP) is 4.34. The summed E-state index contributed by atoms with van der Waals surface area (Å²) in [7, 11) is -2.47. The van der Waals surface area contributed by atoms with Crippen molar-refractivity contribution in [3.05, 3.63) is 101 Å². The number of methoxy groups -OCH3 is 1. The Bertz CT molecular complexity index is 1330. The third-order valence-corrected chi connectivity index (χ3v) is 7.96. The number of amides is 1. The summed E-state index contributed by atoms with van der Waals surface area (Å²) in [5.41, 5.74) is 3.81.